The van der Waals surface area contributed by atoms with Gasteiger partial charge in [0.25, 0.3) is 0 Å². The van der Waals surface area contributed by atoms with Crippen molar-refractivity contribution >= 4 is 11.6 Å². The lowest BCUT2D eigenvalue weighted by molar-refractivity contribution is -0.141. The molecule has 0 saturated heterocycles. The van der Waals surface area contributed by atoms with E-state index in [0.29, 0.717) is 6.42 Å². The van der Waals surface area contributed by atoms with E-state index in [1.807, 2.05) is 19.9 Å². The summed E-state index contributed by atoms with van der Waals surface area (Å²) >= 11 is 0. The molecular formula is C12H15N3O2. The van der Waals surface area contributed by atoms with E-state index in [4.69, 9.17) is 5.11 Å². The van der Waals surface area contributed by atoms with Crippen molar-refractivity contribution in [3.05, 3.63) is 29.2 Å². The number of carboxylic acid groups (broad SMARTS) is 1. The van der Waals surface area contributed by atoms with Gasteiger partial charge in [0.2, 0.25) is 0 Å². The number of carbonyl (C=O) groups is 1. The summed E-state index contributed by atoms with van der Waals surface area (Å²) in [6, 6.07) is 1.84. The minimum atomic E-state index is -0.788. The van der Waals surface area contributed by atoms with E-state index in [1.54, 1.807) is 17.6 Å². The molecule has 5 nitrogen and oxygen atoms in total. The lowest BCUT2D eigenvalue weighted by Gasteiger charge is -2.13. The van der Waals surface area contributed by atoms with Gasteiger partial charge in [0.15, 0.2) is 5.65 Å². The summed E-state index contributed by atoms with van der Waals surface area (Å²) in [5.41, 5.74) is 3.61. The fraction of sp³-hybridized carbons (Fsp3) is 0.417. The van der Waals surface area contributed by atoms with Crippen LogP contribution in [0.2, 0.25) is 0 Å². The summed E-state index contributed by atoms with van der Waals surface area (Å²) in [5, 5.41) is 13.1. The molecule has 0 spiro atoms. The monoisotopic (exact) mass is 233 g/mol. The highest BCUT2D eigenvalue weighted by molar-refractivity contribution is 5.70. The van der Waals surface area contributed by atoms with E-state index in [0.717, 1.165) is 22.6 Å². The second kappa shape index (κ2) is 4.16. The first kappa shape index (κ1) is 11.6. The van der Waals surface area contributed by atoms with Crippen LogP contribution in [0.15, 0.2) is 12.3 Å². The minimum Gasteiger partial charge on any atom is -0.481 e. The molecule has 1 unspecified atom stereocenters. The van der Waals surface area contributed by atoms with Gasteiger partial charge in [-0.2, -0.15) is 5.10 Å². The molecule has 2 aromatic heterocycles. The Morgan fingerprint density at radius 3 is 2.88 bits per heavy atom. The van der Waals surface area contributed by atoms with E-state index in [9.17, 15) is 4.79 Å². The maximum absolute atomic E-state index is 10.9. The highest BCUT2D eigenvalue weighted by Gasteiger charge is 2.17. The topological polar surface area (TPSA) is 67.5 Å². The summed E-state index contributed by atoms with van der Waals surface area (Å²) in [6.07, 6.45) is 2.18. The Labute approximate surface area is 99.1 Å². The van der Waals surface area contributed by atoms with Gasteiger partial charge in [-0.15, -0.1) is 0 Å². The van der Waals surface area contributed by atoms with Crippen molar-refractivity contribution in [2.45, 2.75) is 27.2 Å². The molecule has 0 saturated carbocycles. The molecule has 0 fully saturated rings. The Kier molecular flexibility index (Phi) is 2.83. The average molecular weight is 233 g/mol. The molecule has 5 heteroatoms. The zero-order valence-corrected chi connectivity index (χ0v) is 10.1. The second-order valence-corrected chi connectivity index (χ2v) is 4.31. The molecule has 0 amide bonds. The number of aryl methyl sites for hydroxylation is 2. The number of hydrogen-bond acceptors (Lipinski definition) is 3. The van der Waals surface area contributed by atoms with Crippen LogP contribution in [-0.4, -0.2) is 25.7 Å². The first-order valence-electron chi connectivity index (χ1n) is 5.53. The largest absolute Gasteiger partial charge is 0.481 e. The van der Waals surface area contributed by atoms with E-state index >= 15 is 0 Å². The molecule has 0 bridgehead atoms. The van der Waals surface area contributed by atoms with Gasteiger partial charge < -0.3 is 5.11 Å². The number of aliphatic carboxylic acids is 1. The average Bonchev–Trinajstić information content (AvgIpc) is 2.71. The third-order valence-corrected chi connectivity index (χ3v) is 3.03. The Hall–Kier alpha value is -1.91. The number of hydrogen-bond donors (Lipinski definition) is 1. The van der Waals surface area contributed by atoms with E-state index in [1.165, 1.54) is 0 Å². The molecule has 0 aliphatic rings. The molecule has 0 aromatic carbocycles. The summed E-state index contributed by atoms with van der Waals surface area (Å²) in [6.45, 7) is 5.55. The first-order chi connectivity index (χ1) is 8.00. The number of rotatable bonds is 3. The van der Waals surface area contributed by atoms with Gasteiger partial charge >= 0.3 is 5.97 Å². The third-order valence-electron chi connectivity index (χ3n) is 3.03. The van der Waals surface area contributed by atoms with Crippen molar-refractivity contribution in [1.29, 1.82) is 0 Å². The molecule has 0 aliphatic carbocycles. The Morgan fingerprint density at radius 1 is 1.53 bits per heavy atom. The fourth-order valence-electron chi connectivity index (χ4n) is 1.96. The number of nitrogens with zero attached hydrogens (tertiary/aromatic N) is 3. The lowest BCUT2D eigenvalue weighted by Crippen LogP contribution is -2.15. The van der Waals surface area contributed by atoms with Crippen LogP contribution < -0.4 is 0 Å². The van der Waals surface area contributed by atoms with Crippen LogP contribution in [0.5, 0.6) is 0 Å². The zero-order valence-electron chi connectivity index (χ0n) is 10.1. The fourth-order valence-corrected chi connectivity index (χ4v) is 1.96. The van der Waals surface area contributed by atoms with Gasteiger partial charge in [0, 0.05) is 17.5 Å². The van der Waals surface area contributed by atoms with Gasteiger partial charge in [-0.1, -0.05) is 6.92 Å². The number of carboxylic acids is 1. The van der Waals surface area contributed by atoms with Crippen molar-refractivity contribution in [3.63, 3.8) is 0 Å². The van der Waals surface area contributed by atoms with Gasteiger partial charge in [-0.05, 0) is 25.8 Å². The molecule has 2 heterocycles. The molecular weight excluding hydrogens is 218 g/mol. The van der Waals surface area contributed by atoms with Crippen LogP contribution in [0.4, 0.5) is 0 Å². The first-order valence-corrected chi connectivity index (χ1v) is 5.53. The minimum absolute atomic E-state index is 0.415. The predicted octanol–water partition coefficient (Wildman–Crippen LogP) is 1.61. The van der Waals surface area contributed by atoms with Gasteiger partial charge in [0.05, 0.1) is 12.1 Å². The third kappa shape index (κ3) is 2.00. The number of fused-ring (bicyclic) bond motifs is 1. The van der Waals surface area contributed by atoms with Crippen LogP contribution in [-0.2, 0) is 11.2 Å². The van der Waals surface area contributed by atoms with Crippen molar-refractivity contribution in [2.24, 2.45) is 5.92 Å². The smallest absolute Gasteiger partial charge is 0.306 e. The van der Waals surface area contributed by atoms with Crippen LogP contribution in [0.25, 0.3) is 5.65 Å². The summed E-state index contributed by atoms with van der Waals surface area (Å²) < 4.78 is 1.75. The molecule has 17 heavy (non-hydrogen) atoms. The van der Waals surface area contributed by atoms with Gasteiger partial charge in [-0.25, -0.2) is 9.50 Å². The molecule has 2 aromatic rings. The maximum atomic E-state index is 10.9. The molecule has 1 atom stereocenters. The van der Waals surface area contributed by atoms with E-state index in [-0.39, 0.29) is 0 Å². The van der Waals surface area contributed by atoms with Crippen LogP contribution in [0.1, 0.15) is 23.9 Å². The Bertz CT molecular complexity index is 574. The van der Waals surface area contributed by atoms with Gasteiger partial charge in [-0.3, -0.25) is 4.79 Å². The molecule has 1 N–H and O–H groups in total. The second-order valence-electron chi connectivity index (χ2n) is 4.31. The quantitative estimate of drug-likeness (QED) is 0.874. The van der Waals surface area contributed by atoms with Crippen molar-refractivity contribution in [3.8, 4) is 0 Å². The van der Waals surface area contributed by atoms with Crippen LogP contribution >= 0.6 is 0 Å². The summed E-state index contributed by atoms with van der Waals surface area (Å²) in [5.74, 6) is -1.20. The highest BCUT2D eigenvalue weighted by atomic mass is 16.4. The molecule has 0 aliphatic heterocycles. The maximum Gasteiger partial charge on any atom is 0.306 e. The SMILES string of the molecule is Cc1nc2ccnn2c(C)c1CC(C)C(=O)O. The molecule has 90 valence electrons. The standard InChI is InChI=1S/C12H15N3O2/c1-7(12(16)17)6-10-8(2)14-11-4-5-13-15(11)9(10)3/h4-5,7H,6H2,1-3H3,(H,16,17). The van der Waals surface area contributed by atoms with Crippen LogP contribution in [0, 0.1) is 19.8 Å². The van der Waals surface area contributed by atoms with Gasteiger partial charge in [0.1, 0.15) is 0 Å². The normalized spacial score (nSPS) is 12.9. The van der Waals surface area contributed by atoms with Crippen LogP contribution in [0.3, 0.4) is 0 Å². The Morgan fingerprint density at radius 2 is 2.24 bits per heavy atom. The summed E-state index contributed by atoms with van der Waals surface area (Å²) in [7, 11) is 0. The molecule has 0 radical (unpaired) electrons. The van der Waals surface area contributed by atoms with Crippen molar-refractivity contribution < 1.29 is 9.90 Å². The zero-order chi connectivity index (χ0) is 12.6. The van der Waals surface area contributed by atoms with E-state index < -0.39 is 11.9 Å². The van der Waals surface area contributed by atoms with E-state index in [2.05, 4.69) is 10.1 Å². The van der Waals surface area contributed by atoms with Crippen molar-refractivity contribution in [2.75, 3.05) is 0 Å². The summed E-state index contributed by atoms with van der Waals surface area (Å²) in [4.78, 5) is 15.3. The highest BCUT2D eigenvalue weighted by Crippen LogP contribution is 2.18. The van der Waals surface area contributed by atoms with Crippen molar-refractivity contribution in [1.82, 2.24) is 14.6 Å². The molecule has 2 rings (SSSR count). The number of aromatic nitrogens is 3. The Balaban J connectivity index is 2.49. The lowest BCUT2D eigenvalue weighted by atomic mass is 9.99. The predicted molar refractivity (Wildman–Crippen MR) is 63.0 cm³/mol.